The zero-order valence-corrected chi connectivity index (χ0v) is 13.9. The minimum absolute atomic E-state index is 0. The summed E-state index contributed by atoms with van der Waals surface area (Å²) in [5.41, 5.74) is 0.931. The maximum absolute atomic E-state index is 12.4. The molecule has 3 rings (SSSR count). The lowest BCUT2D eigenvalue weighted by molar-refractivity contribution is -0.384. The predicted molar refractivity (Wildman–Crippen MR) is 90.4 cm³/mol. The van der Waals surface area contributed by atoms with Crippen molar-refractivity contribution in [2.45, 2.75) is 30.3 Å². The molecule has 9 heteroatoms. The van der Waals surface area contributed by atoms with Crippen LogP contribution in [0.2, 0.25) is 0 Å². The second kappa shape index (κ2) is 7.76. The van der Waals surface area contributed by atoms with Crippen molar-refractivity contribution in [2.24, 2.45) is 0 Å². The van der Waals surface area contributed by atoms with Crippen LogP contribution in [0.5, 0.6) is 0 Å². The number of piperidine rings is 1. The van der Waals surface area contributed by atoms with Gasteiger partial charge in [0.05, 0.1) is 33.0 Å². The second-order valence-electron chi connectivity index (χ2n) is 5.30. The number of benzene rings is 1. The molecule has 0 radical (unpaired) electrons. The molecule has 0 bridgehead atoms. The van der Waals surface area contributed by atoms with Gasteiger partial charge < -0.3 is 5.32 Å². The van der Waals surface area contributed by atoms with E-state index in [9.17, 15) is 14.3 Å². The highest BCUT2D eigenvalue weighted by molar-refractivity contribution is 7.85. The number of nitro groups is 1. The van der Waals surface area contributed by atoms with Crippen molar-refractivity contribution in [3.05, 3.63) is 34.5 Å². The molecule has 2 unspecified atom stereocenters. The first kappa shape index (κ1) is 17.7. The van der Waals surface area contributed by atoms with E-state index in [1.165, 1.54) is 18.3 Å². The van der Waals surface area contributed by atoms with Gasteiger partial charge in [-0.2, -0.15) is 0 Å². The summed E-state index contributed by atoms with van der Waals surface area (Å²) in [5, 5.41) is 14.5. The Morgan fingerprint density at radius 2 is 2.17 bits per heavy atom. The molecule has 1 aromatic heterocycles. The molecular formula is C14H17ClN4O3S. The molecule has 1 aliphatic heterocycles. The summed E-state index contributed by atoms with van der Waals surface area (Å²) in [5.74, 6) is 0.521. The summed E-state index contributed by atoms with van der Waals surface area (Å²) in [6.07, 6.45) is 4.80. The Labute approximate surface area is 141 Å². The number of nitrogens with zero attached hydrogens (tertiary/aromatic N) is 3. The topological polar surface area (TPSA) is 98.0 Å². The Hall–Kier alpha value is -1.64. The van der Waals surface area contributed by atoms with Crippen molar-refractivity contribution in [3.63, 3.8) is 0 Å². The first-order chi connectivity index (χ1) is 10.6. The van der Waals surface area contributed by atoms with Crippen LogP contribution < -0.4 is 5.32 Å². The molecule has 1 saturated heterocycles. The molecule has 0 amide bonds. The number of halogens is 1. The summed E-state index contributed by atoms with van der Waals surface area (Å²) in [6.45, 7) is 0.967. The average Bonchev–Trinajstić information content (AvgIpc) is 2.54. The first-order valence-electron chi connectivity index (χ1n) is 7.16. The molecular weight excluding hydrogens is 340 g/mol. The van der Waals surface area contributed by atoms with Crippen molar-refractivity contribution in [3.8, 4) is 0 Å². The Kier molecular flexibility index (Phi) is 5.97. The number of aromatic nitrogens is 2. The Balaban J connectivity index is 0.00000192. The third-order valence-corrected chi connectivity index (χ3v) is 5.08. The van der Waals surface area contributed by atoms with E-state index in [4.69, 9.17) is 0 Å². The quantitative estimate of drug-likeness (QED) is 0.666. The number of non-ortho nitro benzene ring substituents is 1. The Morgan fingerprint density at radius 1 is 1.35 bits per heavy atom. The molecule has 7 nitrogen and oxygen atoms in total. The van der Waals surface area contributed by atoms with E-state index in [-0.39, 0.29) is 24.1 Å². The highest BCUT2D eigenvalue weighted by atomic mass is 35.5. The van der Waals surface area contributed by atoms with E-state index in [0.717, 1.165) is 25.8 Å². The normalized spacial score (nSPS) is 19.0. The van der Waals surface area contributed by atoms with Crippen LogP contribution in [0.25, 0.3) is 11.0 Å². The SMILES string of the molecule is Cl.O=[N+]([O-])c1ccc2nc(S(=O)CC3CCCCN3)cnc2c1. The second-order valence-corrected chi connectivity index (χ2v) is 6.74. The zero-order valence-electron chi connectivity index (χ0n) is 12.3. The number of rotatable bonds is 4. The van der Waals surface area contributed by atoms with Gasteiger partial charge in [-0.3, -0.25) is 19.3 Å². The van der Waals surface area contributed by atoms with Gasteiger partial charge in [-0.1, -0.05) is 6.42 Å². The van der Waals surface area contributed by atoms with Gasteiger partial charge >= 0.3 is 0 Å². The first-order valence-corrected chi connectivity index (χ1v) is 8.48. The monoisotopic (exact) mass is 356 g/mol. The zero-order chi connectivity index (χ0) is 15.5. The molecule has 2 aromatic rings. The maximum atomic E-state index is 12.4. The lowest BCUT2D eigenvalue weighted by Crippen LogP contribution is -2.38. The minimum atomic E-state index is -1.22. The smallest absolute Gasteiger partial charge is 0.271 e. The number of hydrogen-bond acceptors (Lipinski definition) is 6. The number of fused-ring (bicyclic) bond motifs is 1. The molecule has 2 atom stereocenters. The highest BCUT2D eigenvalue weighted by Gasteiger charge is 2.18. The van der Waals surface area contributed by atoms with E-state index in [2.05, 4.69) is 15.3 Å². The fourth-order valence-corrected chi connectivity index (χ4v) is 3.73. The van der Waals surface area contributed by atoms with Gasteiger partial charge in [0.15, 0.2) is 0 Å². The fraction of sp³-hybridized carbons (Fsp3) is 0.429. The summed E-state index contributed by atoms with van der Waals surface area (Å²) in [6, 6.07) is 4.55. The van der Waals surface area contributed by atoms with Crippen LogP contribution in [0.15, 0.2) is 29.4 Å². The molecule has 23 heavy (non-hydrogen) atoms. The summed E-state index contributed by atoms with van der Waals surface area (Å²) in [4.78, 5) is 18.8. The van der Waals surface area contributed by atoms with E-state index in [0.29, 0.717) is 21.8 Å². The standard InChI is InChI=1S/C14H16N4O3S.ClH/c19-18(20)11-4-5-12-13(7-11)16-8-14(17-12)22(21)9-10-3-1-2-6-15-10;/h4-5,7-8,10,15H,1-3,6,9H2;1H. The van der Waals surface area contributed by atoms with Gasteiger partial charge in [-0.25, -0.2) is 4.98 Å². The molecule has 0 saturated carbocycles. The van der Waals surface area contributed by atoms with Crippen LogP contribution in [0.3, 0.4) is 0 Å². The third kappa shape index (κ3) is 4.21. The molecule has 2 heterocycles. The van der Waals surface area contributed by atoms with Gasteiger partial charge in [0, 0.05) is 23.9 Å². The molecule has 1 N–H and O–H groups in total. The van der Waals surface area contributed by atoms with E-state index in [1.54, 1.807) is 6.07 Å². The largest absolute Gasteiger partial charge is 0.313 e. The van der Waals surface area contributed by atoms with Gasteiger partial charge in [0.1, 0.15) is 5.03 Å². The van der Waals surface area contributed by atoms with Gasteiger partial charge in [-0.05, 0) is 25.5 Å². The van der Waals surface area contributed by atoms with Crippen LogP contribution >= 0.6 is 12.4 Å². The fourth-order valence-electron chi connectivity index (χ4n) is 2.54. The van der Waals surface area contributed by atoms with E-state index < -0.39 is 15.7 Å². The minimum Gasteiger partial charge on any atom is -0.313 e. The van der Waals surface area contributed by atoms with Crippen molar-refractivity contribution in [1.29, 1.82) is 0 Å². The molecule has 1 aromatic carbocycles. The van der Waals surface area contributed by atoms with Crippen molar-refractivity contribution < 1.29 is 9.13 Å². The molecule has 124 valence electrons. The molecule has 1 fully saturated rings. The number of nitrogens with one attached hydrogen (secondary N) is 1. The number of hydrogen-bond donors (Lipinski definition) is 1. The third-order valence-electron chi connectivity index (χ3n) is 3.71. The Bertz CT molecular complexity index is 737. The van der Waals surface area contributed by atoms with Crippen molar-refractivity contribution in [2.75, 3.05) is 12.3 Å². The van der Waals surface area contributed by atoms with E-state index in [1.807, 2.05) is 0 Å². The van der Waals surface area contributed by atoms with Crippen LogP contribution in [-0.4, -0.2) is 37.4 Å². The van der Waals surface area contributed by atoms with E-state index >= 15 is 0 Å². The van der Waals surface area contributed by atoms with Crippen LogP contribution in [0.4, 0.5) is 5.69 Å². The van der Waals surface area contributed by atoms with Gasteiger partial charge in [0.2, 0.25) is 0 Å². The molecule has 1 aliphatic rings. The maximum Gasteiger partial charge on any atom is 0.271 e. The van der Waals surface area contributed by atoms with Crippen LogP contribution in [0.1, 0.15) is 19.3 Å². The van der Waals surface area contributed by atoms with Gasteiger partial charge in [0.25, 0.3) is 5.69 Å². The van der Waals surface area contributed by atoms with Crippen molar-refractivity contribution >= 4 is 39.9 Å². The lowest BCUT2D eigenvalue weighted by atomic mass is 10.1. The summed E-state index contributed by atoms with van der Waals surface area (Å²) < 4.78 is 12.4. The highest BCUT2D eigenvalue weighted by Crippen LogP contribution is 2.19. The Morgan fingerprint density at radius 3 is 2.87 bits per heavy atom. The molecule has 0 spiro atoms. The van der Waals surface area contributed by atoms with Crippen molar-refractivity contribution in [1.82, 2.24) is 15.3 Å². The summed E-state index contributed by atoms with van der Waals surface area (Å²) >= 11 is 0. The van der Waals surface area contributed by atoms with Crippen LogP contribution in [-0.2, 0) is 10.8 Å². The lowest BCUT2D eigenvalue weighted by Gasteiger charge is -2.22. The molecule has 0 aliphatic carbocycles. The summed E-state index contributed by atoms with van der Waals surface area (Å²) in [7, 11) is -1.22. The number of nitro benzene ring substituents is 1. The average molecular weight is 357 g/mol. The van der Waals surface area contributed by atoms with Gasteiger partial charge in [-0.15, -0.1) is 12.4 Å². The predicted octanol–water partition coefficient (Wildman–Crippen LogP) is 2.21. The van der Waals surface area contributed by atoms with Crippen LogP contribution in [0, 0.1) is 10.1 Å².